The topological polar surface area (TPSA) is 52.7 Å². The number of piperidine rings is 1. The molecule has 0 radical (unpaired) electrons. The van der Waals surface area contributed by atoms with E-state index in [0.717, 1.165) is 31.8 Å². The normalized spacial score (nSPS) is 24.7. The van der Waals surface area contributed by atoms with Gasteiger partial charge in [-0.2, -0.15) is 0 Å². The second-order valence-corrected chi connectivity index (χ2v) is 8.97. The summed E-state index contributed by atoms with van der Waals surface area (Å²) in [4.78, 5) is 29.3. The van der Waals surface area contributed by atoms with E-state index in [2.05, 4.69) is 26.1 Å². The number of nitrogens with zero attached hydrogens (tertiary/aromatic N) is 2. The van der Waals surface area contributed by atoms with Crippen molar-refractivity contribution < 1.29 is 9.59 Å². The zero-order valence-electron chi connectivity index (χ0n) is 15.3. The van der Waals surface area contributed by atoms with Crippen LogP contribution in [0, 0.1) is 11.3 Å². The van der Waals surface area contributed by atoms with E-state index in [0.29, 0.717) is 18.2 Å². The molecule has 2 aliphatic rings. The lowest BCUT2D eigenvalue weighted by Crippen LogP contribution is -2.52. The summed E-state index contributed by atoms with van der Waals surface area (Å²) in [7, 11) is 1.96. The van der Waals surface area contributed by atoms with E-state index < -0.39 is 0 Å². The van der Waals surface area contributed by atoms with Crippen LogP contribution in [0.25, 0.3) is 0 Å². The predicted molar refractivity (Wildman–Crippen MR) is 103 cm³/mol. The smallest absolute Gasteiger partial charge is 0.246 e. The van der Waals surface area contributed by atoms with Crippen LogP contribution >= 0.6 is 24.2 Å². The standard InChI is InChI=1S/C17H31N3O2S.ClH/c1-17(2,3)8-15(21)20-12-23-11-14(20)16(22)19-7-5-6-13(10-19)9-18-4;/h13-14,18H,5-12H2,1-4H3;1H. The van der Waals surface area contributed by atoms with E-state index >= 15 is 0 Å². The van der Waals surface area contributed by atoms with Crippen LogP contribution in [0.1, 0.15) is 40.0 Å². The van der Waals surface area contributed by atoms with Gasteiger partial charge in [0.25, 0.3) is 0 Å². The van der Waals surface area contributed by atoms with Crippen LogP contribution in [0.3, 0.4) is 0 Å². The number of carbonyl (C=O) groups is 2. The van der Waals surface area contributed by atoms with Gasteiger partial charge in [-0.05, 0) is 37.8 Å². The summed E-state index contributed by atoms with van der Waals surface area (Å²) in [5.41, 5.74) is -0.0407. The number of nitrogens with one attached hydrogen (secondary N) is 1. The monoisotopic (exact) mass is 377 g/mol. The molecule has 1 N–H and O–H groups in total. The van der Waals surface area contributed by atoms with Crippen molar-refractivity contribution >= 4 is 36.0 Å². The molecule has 2 unspecified atom stereocenters. The molecule has 2 amide bonds. The number of halogens is 1. The number of thioether (sulfide) groups is 1. The first-order chi connectivity index (χ1) is 10.8. The van der Waals surface area contributed by atoms with Crippen LogP contribution < -0.4 is 5.32 Å². The number of hydrogen-bond acceptors (Lipinski definition) is 4. The van der Waals surface area contributed by atoms with E-state index in [-0.39, 0.29) is 35.7 Å². The average Bonchev–Trinajstić information content (AvgIpc) is 2.95. The largest absolute Gasteiger partial charge is 0.341 e. The number of hydrogen-bond donors (Lipinski definition) is 1. The van der Waals surface area contributed by atoms with Gasteiger partial charge in [0.1, 0.15) is 6.04 Å². The molecule has 2 atom stereocenters. The number of carbonyl (C=O) groups excluding carboxylic acids is 2. The second kappa shape index (κ2) is 9.30. The number of amides is 2. The van der Waals surface area contributed by atoms with Crippen molar-refractivity contribution in [2.75, 3.05) is 38.3 Å². The van der Waals surface area contributed by atoms with Crippen molar-refractivity contribution in [2.24, 2.45) is 11.3 Å². The van der Waals surface area contributed by atoms with Gasteiger partial charge >= 0.3 is 0 Å². The zero-order valence-corrected chi connectivity index (χ0v) is 17.0. The maximum Gasteiger partial charge on any atom is 0.246 e. The molecular weight excluding hydrogens is 346 g/mol. The third-order valence-electron chi connectivity index (χ3n) is 4.49. The molecule has 5 nitrogen and oxygen atoms in total. The molecule has 0 spiro atoms. The quantitative estimate of drug-likeness (QED) is 0.816. The maximum atomic E-state index is 12.9. The highest BCUT2D eigenvalue weighted by Gasteiger charge is 2.38. The number of rotatable bonds is 4. The first-order valence-electron chi connectivity index (χ1n) is 8.62. The molecule has 24 heavy (non-hydrogen) atoms. The molecule has 0 aromatic rings. The minimum Gasteiger partial charge on any atom is -0.341 e. The predicted octanol–water partition coefficient (Wildman–Crippen LogP) is 2.20. The minimum absolute atomic E-state index is 0. The van der Waals surface area contributed by atoms with Gasteiger partial charge in [-0.15, -0.1) is 24.2 Å². The molecule has 2 rings (SSSR count). The lowest BCUT2D eigenvalue weighted by Gasteiger charge is -2.36. The molecule has 2 saturated heterocycles. The second-order valence-electron chi connectivity index (χ2n) is 7.97. The maximum absolute atomic E-state index is 12.9. The third kappa shape index (κ3) is 5.81. The van der Waals surface area contributed by atoms with Crippen molar-refractivity contribution in [1.82, 2.24) is 15.1 Å². The van der Waals surface area contributed by atoms with Gasteiger partial charge in [-0.25, -0.2) is 0 Å². The Morgan fingerprint density at radius 1 is 1.29 bits per heavy atom. The first-order valence-corrected chi connectivity index (χ1v) is 9.78. The fraction of sp³-hybridized carbons (Fsp3) is 0.882. The Balaban J connectivity index is 0.00000288. The molecule has 0 bridgehead atoms. The Morgan fingerprint density at radius 2 is 2.00 bits per heavy atom. The van der Waals surface area contributed by atoms with Crippen LogP contribution in [0.4, 0.5) is 0 Å². The molecule has 140 valence electrons. The van der Waals surface area contributed by atoms with Crippen LogP contribution in [0.2, 0.25) is 0 Å². The molecule has 2 heterocycles. The fourth-order valence-electron chi connectivity index (χ4n) is 3.38. The van der Waals surface area contributed by atoms with Gasteiger partial charge < -0.3 is 15.1 Å². The van der Waals surface area contributed by atoms with Gasteiger partial charge in [-0.3, -0.25) is 9.59 Å². The lowest BCUT2D eigenvalue weighted by atomic mass is 9.91. The molecular formula is C17H32ClN3O2S. The van der Waals surface area contributed by atoms with E-state index in [1.165, 1.54) is 6.42 Å². The summed E-state index contributed by atoms with van der Waals surface area (Å²) in [5, 5.41) is 3.21. The van der Waals surface area contributed by atoms with Gasteiger partial charge in [0, 0.05) is 25.3 Å². The van der Waals surface area contributed by atoms with Crippen LogP contribution in [0.5, 0.6) is 0 Å². The lowest BCUT2D eigenvalue weighted by molar-refractivity contribution is -0.145. The molecule has 0 aromatic carbocycles. The molecule has 0 aromatic heterocycles. The zero-order chi connectivity index (χ0) is 17.0. The van der Waals surface area contributed by atoms with E-state index in [4.69, 9.17) is 0 Å². The van der Waals surface area contributed by atoms with Crippen molar-refractivity contribution in [2.45, 2.75) is 46.1 Å². The van der Waals surface area contributed by atoms with Gasteiger partial charge in [0.2, 0.25) is 11.8 Å². The SMILES string of the molecule is CNCC1CCCN(C(=O)C2CSCN2C(=O)CC(C)(C)C)C1.Cl. The van der Waals surface area contributed by atoms with E-state index in [1.54, 1.807) is 16.7 Å². The Morgan fingerprint density at radius 3 is 2.62 bits per heavy atom. The average molecular weight is 378 g/mol. The van der Waals surface area contributed by atoms with E-state index in [1.807, 2.05) is 11.9 Å². The van der Waals surface area contributed by atoms with Gasteiger partial charge in [0.15, 0.2) is 0 Å². The summed E-state index contributed by atoms with van der Waals surface area (Å²) in [6, 6.07) is -0.261. The Labute approximate surface area is 156 Å². The molecule has 0 aliphatic carbocycles. The first kappa shape index (κ1) is 21.6. The Kier molecular flexibility index (Phi) is 8.36. The Bertz CT molecular complexity index is 440. The molecule has 2 fully saturated rings. The highest BCUT2D eigenvalue weighted by molar-refractivity contribution is 7.99. The molecule has 7 heteroatoms. The molecule has 0 saturated carbocycles. The van der Waals surface area contributed by atoms with Crippen LogP contribution in [0.15, 0.2) is 0 Å². The molecule has 2 aliphatic heterocycles. The van der Waals surface area contributed by atoms with Crippen molar-refractivity contribution in [3.8, 4) is 0 Å². The van der Waals surface area contributed by atoms with Crippen molar-refractivity contribution in [1.29, 1.82) is 0 Å². The van der Waals surface area contributed by atoms with Crippen molar-refractivity contribution in [3.05, 3.63) is 0 Å². The van der Waals surface area contributed by atoms with Crippen LogP contribution in [-0.4, -0.2) is 66.0 Å². The van der Waals surface area contributed by atoms with Gasteiger partial charge in [0.05, 0.1) is 5.88 Å². The summed E-state index contributed by atoms with van der Waals surface area (Å²) < 4.78 is 0. The summed E-state index contributed by atoms with van der Waals surface area (Å²) in [6.45, 7) is 8.81. The highest BCUT2D eigenvalue weighted by atomic mass is 35.5. The summed E-state index contributed by atoms with van der Waals surface area (Å²) in [6.07, 6.45) is 2.74. The van der Waals surface area contributed by atoms with Crippen LogP contribution in [-0.2, 0) is 9.59 Å². The fourth-order valence-corrected chi connectivity index (χ4v) is 4.55. The minimum atomic E-state index is -0.261. The summed E-state index contributed by atoms with van der Waals surface area (Å²) in [5.74, 6) is 2.19. The highest BCUT2D eigenvalue weighted by Crippen LogP contribution is 2.28. The van der Waals surface area contributed by atoms with Crippen molar-refractivity contribution in [3.63, 3.8) is 0 Å². The van der Waals surface area contributed by atoms with E-state index in [9.17, 15) is 9.59 Å². The third-order valence-corrected chi connectivity index (χ3v) is 5.50. The summed E-state index contributed by atoms with van der Waals surface area (Å²) >= 11 is 1.69. The Hall–Kier alpha value is -0.460. The number of likely N-dealkylation sites (tertiary alicyclic amines) is 1. The van der Waals surface area contributed by atoms with Gasteiger partial charge in [-0.1, -0.05) is 20.8 Å².